The lowest BCUT2D eigenvalue weighted by molar-refractivity contribution is 0.0924. The summed E-state index contributed by atoms with van der Waals surface area (Å²) in [6.07, 6.45) is 3.04. The first-order valence-electron chi connectivity index (χ1n) is 6.39. The molecule has 0 bridgehead atoms. The molecule has 1 saturated carbocycles. The van der Waals surface area contributed by atoms with Crippen molar-refractivity contribution in [1.82, 2.24) is 5.32 Å². The molecule has 2 rings (SSSR count). The number of hydrogen-bond donors (Lipinski definition) is 2. The van der Waals surface area contributed by atoms with E-state index in [4.69, 9.17) is 5.73 Å². The monoisotopic (exact) mass is 250 g/mol. The van der Waals surface area contributed by atoms with E-state index < -0.39 is 5.82 Å². The summed E-state index contributed by atoms with van der Waals surface area (Å²) >= 11 is 0. The fraction of sp³-hybridized carbons (Fsp3) is 0.500. The Bertz CT molecular complexity index is 447. The highest BCUT2D eigenvalue weighted by Crippen LogP contribution is 2.25. The average molecular weight is 250 g/mol. The molecule has 1 amide bonds. The molecule has 1 fully saturated rings. The van der Waals surface area contributed by atoms with E-state index in [0.29, 0.717) is 18.0 Å². The Hall–Kier alpha value is -1.42. The highest BCUT2D eigenvalue weighted by atomic mass is 19.1. The molecule has 18 heavy (non-hydrogen) atoms. The van der Waals surface area contributed by atoms with Gasteiger partial charge < -0.3 is 11.1 Å². The van der Waals surface area contributed by atoms with Gasteiger partial charge in [-0.3, -0.25) is 4.79 Å². The van der Waals surface area contributed by atoms with E-state index in [2.05, 4.69) is 5.32 Å². The summed E-state index contributed by atoms with van der Waals surface area (Å²) in [6.45, 7) is 2.23. The van der Waals surface area contributed by atoms with Crippen molar-refractivity contribution in [3.63, 3.8) is 0 Å². The minimum absolute atomic E-state index is 0.0856. The van der Waals surface area contributed by atoms with Crippen molar-refractivity contribution in [3.05, 3.63) is 35.1 Å². The van der Waals surface area contributed by atoms with Crippen molar-refractivity contribution >= 4 is 5.91 Å². The largest absolute Gasteiger partial charge is 0.349 e. The zero-order chi connectivity index (χ0) is 13.1. The van der Waals surface area contributed by atoms with Crippen molar-refractivity contribution < 1.29 is 9.18 Å². The van der Waals surface area contributed by atoms with Crippen molar-refractivity contribution in [3.8, 4) is 0 Å². The number of nitrogens with two attached hydrogens (primary N) is 1. The lowest BCUT2D eigenvalue weighted by atomic mass is 10.0. The standard InChI is InChI=1S/C14H19FN2O/c1-9-4-2-6-11(13(9)15)14(18)17-12-7-3-5-10(12)8-16/h2,4,6,10,12H,3,5,7-8,16H2,1H3,(H,17,18). The summed E-state index contributed by atoms with van der Waals surface area (Å²) in [5, 5.41) is 2.91. The van der Waals surface area contributed by atoms with Crippen LogP contribution in [0.2, 0.25) is 0 Å². The van der Waals surface area contributed by atoms with Crippen LogP contribution >= 0.6 is 0 Å². The number of carbonyl (C=O) groups excluding carboxylic acids is 1. The maximum atomic E-state index is 13.8. The number of rotatable bonds is 3. The second-order valence-electron chi connectivity index (χ2n) is 4.94. The molecule has 2 atom stereocenters. The van der Waals surface area contributed by atoms with Crippen molar-refractivity contribution in [2.75, 3.05) is 6.54 Å². The van der Waals surface area contributed by atoms with Crippen LogP contribution in [0.25, 0.3) is 0 Å². The zero-order valence-electron chi connectivity index (χ0n) is 10.6. The first-order chi connectivity index (χ1) is 8.63. The van der Waals surface area contributed by atoms with Gasteiger partial charge in [0.15, 0.2) is 0 Å². The molecule has 1 aliphatic rings. The van der Waals surface area contributed by atoms with E-state index in [1.165, 1.54) is 6.07 Å². The Morgan fingerprint density at radius 3 is 3.00 bits per heavy atom. The van der Waals surface area contributed by atoms with Crippen LogP contribution in [0.3, 0.4) is 0 Å². The molecule has 2 unspecified atom stereocenters. The topological polar surface area (TPSA) is 55.1 Å². The lowest BCUT2D eigenvalue weighted by Gasteiger charge is -2.19. The normalized spacial score (nSPS) is 23.1. The van der Waals surface area contributed by atoms with Crippen LogP contribution < -0.4 is 11.1 Å². The third kappa shape index (κ3) is 2.53. The molecule has 1 aromatic carbocycles. The first kappa shape index (κ1) is 13.0. The van der Waals surface area contributed by atoms with Crippen LogP contribution in [0.5, 0.6) is 0 Å². The first-order valence-corrected chi connectivity index (χ1v) is 6.39. The maximum absolute atomic E-state index is 13.8. The Morgan fingerprint density at radius 1 is 1.50 bits per heavy atom. The van der Waals surface area contributed by atoms with E-state index in [-0.39, 0.29) is 17.5 Å². The predicted octanol–water partition coefficient (Wildman–Crippen LogP) is 1.99. The molecule has 0 aromatic heterocycles. The van der Waals surface area contributed by atoms with Gasteiger partial charge in [-0.25, -0.2) is 4.39 Å². The Balaban J connectivity index is 2.10. The maximum Gasteiger partial charge on any atom is 0.254 e. The zero-order valence-corrected chi connectivity index (χ0v) is 10.6. The van der Waals surface area contributed by atoms with E-state index in [1.54, 1.807) is 19.1 Å². The van der Waals surface area contributed by atoms with Crippen LogP contribution in [0.4, 0.5) is 4.39 Å². The molecule has 98 valence electrons. The average Bonchev–Trinajstić information content (AvgIpc) is 2.79. The molecule has 1 aliphatic carbocycles. The van der Waals surface area contributed by atoms with Gasteiger partial charge in [-0.1, -0.05) is 18.6 Å². The Labute approximate surface area is 107 Å². The van der Waals surface area contributed by atoms with Gasteiger partial charge in [0.05, 0.1) is 5.56 Å². The van der Waals surface area contributed by atoms with Crippen LogP contribution in [-0.2, 0) is 0 Å². The molecule has 0 spiro atoms. The van der Waals surface area contributed by atoms with Gasteiger partial charge in [-0.2, -0.15) is 0 Å². The number of carbonyl (C=O) groups is 1. The number of halogens is 1. The third-order valence-electron chi connectivity index (χ3n) is 3.71. The summed E-state index contributed by atoms with van der Waals surface area (Å²) in [6, 6.07) is 4.96. The molecule has 0 heterocycles. The number of hydrogen-bond acceptors (Lipinski definition) is 2. The van der Waals surface area contributed by atoms with Gasteiger partial charge in [0.25, 0.3) is 5.91 Å². The molecular weight excluding hydrogens is 231 g/mol. The van der Waals surface area contributed by atoms with Crippen molar-refractivity contribution in [2.24, 2.45) is 11.7 Å². The van der Waals surface area contributed by atoms with Gasteiger partial charge in [0, 0.05) is 6.04 Å². The van der Waals surface area contributed by atoms with Crippen molar-refractivity contribution in [2.45, 2.75) is 32.2 Å². The molecule has 3 nitrogen and oxygen atoms in total. The summed E-state index contributed by atoms with van der Waals surface area (Å²) in [4.78, 5) is 12.0. The van der Waals surface area contributed by atoms with Gasteiger partial charge in [0.1, 0.15) is 5.82 Å². The highest BCUT2D eigenvalue weighted by molar-refractivity contribution is 5.94. The molecular formula is C14H19FN2O. The van der Waals surface area contributed by atoms with E-state index in [0.717, 1.165) is 19.3 Å². The lowest BCUT2D eigenvalue weighted by Crippen LogP contribution is -2.40. The summed E-state index contributed by atoms with van der Waals surface area (Å²) in [5.41, 5.74) is 6.28. The molecule has 0 aliphatic heterocycles. The minimum atomic E-state index is -0.433. The van der Waals surface area contributed by atoms with Gasteiger partial charge in [-0.05, 0) is 43.9 Å². The van der Waals surface area contributed by atoms with Crippen LogP contribution in [0.1, 0.15) is 35.2 Å². The van der Waals surface area contributed by atoms with Crippen molar-refractivity contribution in [1.29, 1.82) is 0 Å². The van der Waals surface area contributed by atoms with Crippen LogP contribution in [0.15, 0.2) is 18.2 Å². The van der Waals surface area contributed by atoms with Crippen LogP contribution in [-0.4, -0.2) is 18.5 Å². The van der Waals surface area contributed by atoms with E-state index >= 15 is 0 Å². The highest BCUT2D eigenvalue weighted by Gasteiger charge is 2.28. The quantitative estimate of drug-likeness (QED) is 0.862. The smallest absolute Gasteiger partial charge is 0.254 e. The van der Waals surface area contributed by atoms with Gasteiger partial charge in [0.2, 0.25) is 0 Å². The minimum Gasteiger partial charge on any atom is -0.349 e. The molecule has 3 N–H and O–H groups in total. The van der Waals surface area contributed by atoms with Crippen LogP contribution in [0, 0.1) is 18.7 Å². The number of aryl methyl sites for hydroxylation is 1. The number of nitrogens with one attached hydrogen (secondary N) is 1. The fourth-order valence-corrected chi connectivity index (χ4v) is 2.58. The Kier molecular flexibility index (Phi) is 3.97. The predicted molar refractivity (Wildman–Crippen MR) is 68.8 cm³/mol. The molecule has 1 aromatic rings. The number of amides is 1. The molecule has 4 heteroatoms. The fourth-order valence-electron chi connectivity index (χ4n) is 2.58. The summed E-state index contributed by atoms with van der Waals surface area (Å²) in [5.74, 6) is -0.444. The molecule has 0 saturated heterocycles. The van der Waals surface area contributed by atoms with E-state index in [9.17, 15) is 9.18 Å². The second kappa shape index (κ2) is 5.48. The van der Waals surface area contributed by atoms with Gasteiger partial charge in [-0.15, -0.1) is 0 Å². The number of benzene rings is 1. The third-order valence-corrected chi connectivity index (χ3v) is 3.71. The Morgan fingerprint density at radius 2 is 2.28 bits per heavy atom. The molecule has 0 radical (unpaired) electrons. The van der Waals surface area contributed by atoms with Gasteiger partial charge >= 0.3 is 0 Å². The summed E-state index contributed by atoms with van der Waals surface area (Å²) < 4.78 is 13.8. The van der Waals surface area contributed by atoms with E-state index in [1.807, 2.05) is 0 Å². The second-order valence-corrected chi connectivity index (χ2v) is 4.94. The SMILES string of the molecule is Cc1cccc(C(=O)NC2CCCC2CN)c1F. The summed E-state index contributed by atoms with van der Waals surface area (Å²) in [7, 11) is 0.